The van der Waals surface area contributed by atoms with Crippen molar-refractivity contribution in [2.45, 2.75) is 13.0 Å². The van der Waals surface area contributed by atoms with Gasteiger partial charge < -0.3 is 14.7 Å². The number of carbonyl (C=O) groups is 1. The lowest BCUT2D eigenvalue weighted by atomic mass is 10.0. The highest BCUT2D eigenvalue weighted by Crippen LogP contribution is 2.30. The second-order valence-electron chi connectivity index (χ2n) is 4.61. The van der Waals surface area contributed by atoms with Crippen molar-refractivity contribution in [1.82, 2.24) is 0 Å². The van der Waals surface area contributed by atoms with E-state index in [0.29, 0.717) is 29.4 Å². The van der Waals surface area contributed by atoms with Crippen molar-refractivity contribution in [1.29, 1.82) is 5.26 Å². The molecule has 1 aromatic rings. The minimum Gasteiger partial charge on any atom is -0.481 e. The van der Waals surface area contributed by atoms with Crippen LogP contribution in [0.5, 0.6) is 0 Å². The van der Waals surface area contributed by atoms with Crippen LogP contribution in [-0.4, -0.2) is 36.9 Å². The van der Waals surface area contributed by atoms with Gasteiger partial charge in [-0.15, -0.1) is 0 Å². The van der Waals surface area contributed by atoms with E-state index in [1.54, 1.807) is 18.2 Å². The van der Waals surface area contributed by atoms with Gasteiger partial charge in [-0.05, 0) is 25.1 Å². The molecular weight excluding hydrogens is 280 g/mol. The van der Waals surface area contributed by atoms with Crippen LogP contribution in [0, 0.1) is 17.2 Å². The number of anilines is 1. The molecule has 1 saturated heterocycles. The van der Waals surface area contributed by atoms with E-state index in [1.165, 1.54) is 0 Å². The molecule has 1 aliphatic heterocycles. The van der Waals surface area contributed by atoms with E-state index in [0.717, 1.165) is 0 Å². The average Bonchev–Trinajstić information content (AvgIpc) is 2.90. The van der Waals surface area contributed by atoms with Crippen molar-refractivity contribution in [3.8, 4) is 6.07 Å². The number of carboxylic acids is 1. The maximum atomic E-state index is 11.3. The molecule has 2 rings (SSSR count). The highest BCUT2D eigenvalue weighted by atomic mass is 35.5. The van der Waals surface area contributed by atoms with Crippen molar-refractivity contribution in [2.75, 3.05) is 24.7 Å². The first kappa shape index (κ1) is 14.6. The Kier molecular flexibility index (Phi) is 4.48. The number of hydrogen-bond donors (Lipinski definition) is 1. The van der Waals surface area contributed by atoms with Gasteiger partial charge in [-0.1, -0.05) is 11.6 Å². The molecule has 106 valence electrons. The fraction of sp³-hybridized carbons (Fsp3) is 0.429. The van der Waals surface area contributed by atoms with Gasteiger partial charge >= 0.3 is 5.97 Å². The molecule has 0 aliphatic carbocycles. The Morgan fingerprint density at radius 1 is 1.60 bits per heavy atom. The van der Waals surface area contributed by atoms with Gasteiger partial charge in [-0.3, -0.25) is 4.79 Å². The maximum Gasteiger partial charge on any atom is 0.311 e. The van der Waals surface area contributed by atoms with Crippen LogP contribution >= 0.6 is 11.6 Å². The van der Waals surface area contributed by atoms with E-state index in [1.807, 2.05) is 11.8 Å². The van der Waals surface area contributed by atoms with Crippen LogP contribution in [0.15, 0.2) is 18.2 Å². The fourth-order valence-corrected chi connectivity index (χ4v) is 2.69. The van der Waals surface area contributed by atoms with E-state index < -0.39 is 11.9 Å². The fourth-order valence-electron chi connectivity index (χ4n) is 2.52. The third-order valence-corrected chi connectivity index (χ3v) is 3.73. The number of nitrogens with zero attached hydrogens (tertiary/aromatic N) is 2. The second-order valence-corrected chi connectivity index (χ2v) is 5.05. The molecular formula is C14H15ClN2O3. The molecule has 2 atom stereocenters. The summed E-state index contributed by atoms with van der Waals surface area (Å²) in [7, 11) is 0. The summed E-state index contributed by atoms with van der Waals surface area (Å²) < 4.78 is 5.30. The van der Waals surface area contributed by atoms with Crippen LogP contribution in [-0.2, 0) is 9.53 Å². The van der Waals surface area contributed by atoms with Crippen LogP contribution in [0.25, 0.3) is 0 Å². The lowest BCUT2D eigenvalue weighted by Crippen LogP contribution is -2.43. The van der Waals surface area contributed by atoms with Gasteiger partial charge in [0.15, 0.2) is 0 Å². The number of hydrogen-bond acceptors (Lipinski definition) is 4. The van der Waals surface area contributed by atoms with Gasteiger partial charge in [0, 0.05) is 11.6 Å². The number of likely N-dealkylation sites (N-methyl/N-ethyl adjacent to an activating group) is 1. The summed E-state index contributed by atoms with van der Waals surface area (Å²) >= 11 is 5.89. The van der Waals surface area contributed by atoms with Gasteiger partial charge in [-0.25, -0.2) is 0 Å². The molecule has 1 heterocycles. The molecule has 1 N–H and O–H groups in total. The Hall–Kier alpha value is -1.77. The van der Waals surface area contributed by atoms with Crippen molar-refractivity contribution in [3.63, 3.8) is 0 Å². The smallest absolute Gasteiger partial charge is 0.311 e. The molecule has 1 aliphatic rings. The number of ether oxygens (including phenoxy) is 1. The van der Waals surface area contributed by atoms with Gasteiger partial charge in [0.1, 0.15) is 12.0 Å². The van der Waals surface area contributed by atoms with Crippen molar-refractivity contribution < 1.29 is 14.6 Å². The first-order chi connectivity index (χ1) is 9.58. The minimum atomic E-state index is -0.876. The Balaban J connectivity index is 2.38. The topological polar surface area (TPSA) is 73.6 Å². The number of benzene rings is 1. The van der Waals surface area contributed by atoms with Crippen LogP contribution in [0.2, 0.25) is 5.02 Å². The van der Waals surface area contributed by atoms with E-state index in [4.69, 9.17) is 16.3 Å². The van der Waals surface area contributed by atoms with Crippen molar-refractivity contribution in [3.05, 3.63) is 28.8 Å². The third-order valence-electron chi connectivity index (χ3n) is 3.50. The quantitative estimate of drug-likeness (QED) is 0.921. The number of carboxylic acid groups (broad SMARTS) is 1. The lowest BCUT2D eigenvalue weighted by Gasteiger charge is -2.32. The summed E-state index contributed by atoms with van der Waals surface area (Å²) in [5.41, 5.74) is 1.14. The zero-order valence-corrected chi connectivity index (χ0v) is 11.8. The maximum absolute atomic E-state index is 11.3. The lowest BCUT2D eigenvalue weighted by molar-refractivity contribution is -0.141. The molecule has 0 saturated carbocycles. The average molecular weight is 295 g/mol. The summed E-state index contributed by atoms with van der Waals surface area (Å²) in [6.45, 7) is 3.06. The summed E-state index contributed by atoms with van der Waals surface area (Å²) in [5, 5.41) is 19.0. The van der Waals surface area contributed by atoms with E-state index in [-0.39, 0.29) is 12.6 Å². The minimum absolute atomic E-state index is 0.200. The molecule has 2 unspecified atom stereocenters. The normalized spacial score (nSPS) is 21.4. The molecule has 20 heavy (non-hydrogen) atoms. The first-order valence-electron chi connectivity index (χ1n) is 6.35. The van der Waals surface area contributed by atoms with Gasteiger partial charge in [0.2, 0.25) is 0 Å². The largest absolute Gasteiger partial charge is 0.481 e. The molecule has 0 bridgehead atoms. The number of nitriles is 1. The molecule has 1 aromatic carbocycles. The predicted molar refractivity (Wildman–Crippen MR) is 74.9 cm³/mol. The van der Waals surface area contributed by atoms with Crippen LogP contribution in [0.4, 0.5) is 5.69 Å². The molecule has 0 amide bonds. The van der Waals surface area contributed by atoms with Crippen LogP contribution < -0.4 is 4.90 Å². The van der Waals surface area contributed by atoms with Crippen LogP contribution in [0.3, 0.4) is 0 Å². The first-order valence-corrected chi connectivity index (χ1v) is 6.73. The standard InChI is InChI=1S/C14H15ClN2O3/c1-2-17(13-8-20-7-11(13)14(18)19)12-4-3-10(15)5-9(12)6-16/h3-5,11,13H,2,7-8H2,1H3,(H,18,19). The Morgan fingerprint density at radius 2 is 2.35 bits per heavy atom. The van der Waals surface area contributed by atoms with Gasteiger partial charge in [-0.2, -0.15) is 5.26 Å². The van der Waals surface area contributed by atoms with E-state index in [2.05, 4.69) is 6.07 Å². The number of halogens is 1. The van der Waals surface area contributed by atoms with E-state index in [9.17, 15) is 15.2 Å². The van der Waals surface area contributed by atoms with Crippen LogP contribution in [0.1, 0.15) is 12.5 Å². The molecule has 0 spiro atoms. The number of rotatable bonds is 4. The second kappa shape index (κ2) is 6.12. The third kappa shape index (κ3) is 2.72. The zero-order chi connectivity index (χ0) is 14.7. The highest BCUT2D eigenvalue weighted by Gasteiger charge is 2.38. The molecule has 1 fully saturated rings. The summed E-state index contributed by atoms with van der Waals surface area (Å²) in [6, 6.07) is 6.87. The zero-order valence-electron chi connectivity index (χ0n) is 11.0. The van der Waals surface area contributed by atoms with Gasteiger partial charge in [0.05, 0.1) is 30.5 Å². The molecule has 0 radical (unpaired) electrons. The Morgan fingerprint density at radius 3 is 2.95 bits per heavy atom. The Bertz CT molecular complexity index is 556. The van der Waals surface area contributed by atoms with Crippen molar-refractivity contribution in [2.24, 2.45) is 5.92 Å². The Labute approximate surface area is 122 Å². The monoisotopic (exact) mass is 294 g/mol. The molecule has 5 nitrogen and oxygen atoms in total. The number of aliphatic carboxylic acids is 1. The summed E-state index contributed by atoms with van der Waals surface area (Å²) in [5.74, 6) is -1.46. The summed E-state index contributed by atoms with van der Waals surface area (Å²) in [4.78, 5) is 13.2. The predicted octanol–water partition coefficient (Wildman–Crippen LogP) is 2.14. The summed E-state index contributed by atoms with van der Waals surface area (Å²) in [6.07, 6.45) is 0. The molecule has 6 heteroatoms. The molecule has 0 aromatic heterocycles. The van der Waals surface area contributed by atoms with Crippen molar-refractivity contribution >= 4 is 23.3 Å². The van der Waals surface area contributed by atoms with E-state index >= 15 is 0 Å². The van der Waals surface area contributed by atoms with Gasteiger partial charge in [0.25, 0.3) is 0 Å². The highest BCUT2D eigenvalue weighted by molar-refractivity contribution is 6.30. The SMILES string of the molecule is CCN(c1ccc(Cl)cc1C#N)C1COCC1C(=O)O.